The van der Waals surface area contributed by atoms with Crippen molar-refractivity contribution in [2.24, 2.45) is 5.73 Å². The lowest BCUT2D eigenvalue weighted by atomic mass is 10.2. The number of hydrogen-bond acceptors (Lipinski definition) is 3. The number of nitrogen functional groups attached to an aromatic ring is 1. The molecule has 0 saturated heterocycles. The molecule has 0 aromatic heterocycles. The minimum Gasteiger partial charge on any atom is -0.491 e. The second-order valence-corrected chi connectivity index (χ2v) is 4.91. The topological polar surface area (TPSA) is 68.3 Å². The molecule has 0 aliphatic rings. The van der Waals surface area contributed by atoms with Crippen molar-refractivity contribution in [3.63, 3.8) is 0 Å². The molecule has 0 radical (unpaired) electrons. The van der Waals surface area contributed by atoms with Gasteiger partial charge in [-0.05, 0) is 42.0 Å². The summed E-state index contributed by atoms with van der Waals surface area (Å²) in [6.07, 6.45) is 0. The van der Waals surface area contributed by atoms with Crippen LogP contribution in [0.5, 0.6) is 5.75 Å². The number of ether oxygens (including phenoxy) is 2. The number of rotatable bonds is 7. The van der Waals surface area contributed by atoms with Crippen molar-refractivity contribution in [1.82, 2.24) is 0 Å². The minimum absolute atomic E-state index is 0.0476. The van der Waals surface area contributed by atoms with E-state index in [0.717, 1.165) is 11.3 Å². The highest BCUT2D eigenvalue weighted by atomic mass is 35.5. The summed E-state index contributed by atoms with van der Waals surface area (Å²) >= 11 is 5.90. The van der Waals surface area contributed by atoms with Gasteiger partial charge in [-0.25, -0.2) is 0 Å². The fraction of sp³-hybridized carbons (Fsp3) is 0.188. The molecule has 21 heavy (non-hydrogen) atoms. The average Bonchev–Trinajstić information content (AvgIpc) is 2.47. The third-order valence-electron chi connectivity index (χ3n) is 2.82. The van der Waals surface area contributed by atoms with Crippen LogP contribution in [0.2, 0.25) is 5.02 Å². The van der Waals surface area contributed by atoms with E-state index in [2.05, 4.69) is 0 Å². The van der Waals surface area contributed by atoms with Crippen molar-refractivity contribution < 1.29 is 9.47 Å². The molecular formula is C16H17ClN2O2. The van der Waals surface area contributed by atoms with Crippen LogP contribution < -0.4 is 10.5 Å². The largest absolute Gasteiger partial charge is 0.491 e. The van der Waals surface area contributed by atoms with E-state index in [1.807, 2.05) is 24.3 Å². The molecule has 0 atom stereocenters. The van der Waals surface area contributed by atoms with Crippen molar-refractivity contribution in [1.29, 1.82) is 5.41 Å². The van der Waals surface area contributed by atoms with Crippen molar-refractivity contribution in [2.75, 3.05) is 13.2 Å². The van der Waals surface area contributed by atoms with Gasteiger partial charge in [-0.2, -0.15) is 0 Å². The summed E-state index contributed by atoms with van der Waals surface area (Å²) in [6, 6.07) is 14.7. The Morgan fingerprint density at radius 2 is 1.86 bits per heavy atom. The van der Waals surface area contributed by atoms with Gasteiger partial charge in [0.15, 0.2) is 0 Å². The monoisotopic (exact) mass is 304 g/mol. The Morgan fingerprint density at radius 3 is 2.52 bits per heavy atom. The van der Waals surface area contributed by atoms with Gasteiger partial charge in [0.25, 0.3) is 0 Å². The second-order valence-electron chi connectivity index (χ2n) is 4.47. The maximum Gasteiger partial charge on any atom is 0.122 e. The maximum absolute atomic E-state index is 7.30. The second kappa shape index (κ2) is 7.67. The molecule has 2 rings (SSSR count). The number of hydrogen-bond donors (Lipinski definition) is 2. The summed E-state index contributed by atoms with van der Waals surface area (Å²) in [5.74, 6) is 0.776. The Morgan fingerprint density at radius 1 is 1.10 bits per heavy atom. The Balaban J connectivity index is 1.69. The quantitative estimate of drug-likeness (QED) is 0.469. The molecule has 3 N–H and O–H groups in total. The zero-order valence-electron chi connectivity index (χ0n) is 11.5. The van der Waals surface area contributed by atoms with Gasteiger partial charge < -0.3 is 15.2 Å². The van der Waals surface area contributed by atoms with E-state index >= 15 is 0 Å². The first kappa shape index (κ1) is 15.4. The molecule has 0 saturated carbocycles. The number of halogens is 1. The molecule has 2 aromatic rings. The van der Waals surface area contributed by atoms with Crippen LogP contribution in [-0.2, 0) is 11.3 Å². The first-order valence-corrected chi connectivity index (χ1v) is 6.92. The van der Waals surface area contributed by atoms with Crippen LogP contribution in [0.3, 0.4) is 0 Å². The van der Waals surface area contributed by atoms with Crippen LogP contribution in [0.4, 0.5) is 0 Å². The van der Waals surface area contributed by atoms with Gasteiger partial charge in [0.05, 0.1) is 13.2 Å². The summed E-state index contributed by atoms with van der Waals surface area (Å²) < 4.78 is 11.1. The van der Waals surface area contributed by atoms with Crippen molar-refractivity contribution in [2.45, 2.75) is 6.61 Å². The molecule has 110 valence electrons. The molecule has 5 heteroatoms. The molecular weight excluding hydrogens is 288 g/mol. The van der Waals surface area contributed by atoms with E-state index in [0.29, 0.717) is 30.4 Å². The number of amidine groups is 1. The Hall–Kier alpha value is -2.04. The summed E-state index contributed by atoms with van der Waals surface area (Å²) in [5.41, 5.74) is 7.10. The van der Waals surface area contributed by atoms with Crippen LogP contribution in [0.15, 0.2) is 48.5 Å². The summed E-state index contributed by atoms with van der Waals surface area (Å²) in [4.78, 5) is 0. The van der Waals surface area contributed by atoms with E-state index in [4.69, 9.17) is 32.2 Å². The molecule has 0 amide bonds. The van der Waals surface area contributed by atoms with Gasteiger partial charge in [-0.3, -0.25) is 5.41 Å². The zero-order valence-corrected chi connectivity index (χ0v) is 12.3. The predicted octanol–water partition coefficient (Wildman–Crippen LogP) is 3.22. The fourth-order valence-electron chi connectivity index (χ4n) is 1.77. The molecule has 0 unspecified atom stereocenters. The predicted molar refractivity (Wildman–Crippen MR) is 84.1 cm³/mol. The molecule has 0 aliphatic heterocycles. The standard InChI is InChI=1S/C16H17ClN2O2/c17-14-3-1-2-12(10-14)11-20-8-9-21-15-6-4-13(5-7-15)16(18)19/h1-7,10H,8-9,11H2,(H3,18,19). The van der Waals surface area contributed by atoms with Gasteiger partial charge in [0.2, 0.25) is 0 Å². The smallest absolute Gasteiger partial charge is 0.122 e. The van der Waals surface area contributed by atoms with Crippen LogP contribution >= 0.6 is 11.6 Å². The third-order valence-corrected chi connectivity index (χ3v) is 3.05. The lowest BCUT2D eigenvalue weighted by Gasteiger charge is -2.08. The first-order valence-electron chi connectivity index (χ1n) is 6.54. The fourth-order valence-corrected chi connectivity index (χ4v) is 1.98. The molecule has 0 fully saturated rings. The Bertz CT molecular complexity index is 599. The van der Waals surface area contributed by atoms with Crippen LogP contribution in [0.1, 0.15) is 11.1 Å². The molecule has 0 spiro atoms. The molecule has 2 aromatic carbocycles. The lowest BCUT2D eigenvalue weighted by Crippen LogP contribution is -2.11. The van der Waals surface area contributed by atoms with E-state index in [9.17, 15) is 0 Å². The zero-order chi connectivity index (χ0) is 15.1. The van der Waals surface area contributed by atoms with E-state index < -0.39 is 0 Å². The average molecular weight is 305 g/mol. The highest BCUT2D eigenvalue weighted by molar-refractivity contribution is 6.30. The van der Waals surface area contributed by atoms with Gasteiger partial charge in [-0.1, -0.05) is 23.7 Å². The summed E-state index contributed by atoms with van der Waals surface area (Å²) in [5, 5.41) is 8.01. The molecule has 0 bridgehead atoms. The highest BCUT2D eigenvalue weighted by Gasteiger charge is 1.98. The minimum atomic E-state index is 0.0476. The normalized spacial score (nSPS) is 10.3. The van der Waals surface area contributed by atoms with Gasteiger partial charge in [-0.15, -0.1) is 0 Å². The van der Waals surface area contributed by atoms with Gasteiger partial charge in [0, 0.05) is 10.6 Å². The van der Waals surface area contributed by atoms with E-state index in [1.54, 1.807) is 24.3 Å². The lowest BCUT2D eigenvalue weighted by molar-refractivity contribution is 0.0889. The molecule has 0 heterocycles. The first-order chi connectivity index (χ1) is 10.1. The van der Waals surface area contributed by atoms with E-state index in [-0.39, 0.29) is 5.84 Å². The maximum atomic E-state index is 7.30. The van der Waals surface area contributed by atoms with E-state index in [1.165, 1.54) is 0 Å². The van der Waals surface area contributed by atoms with Gasteiger partial charge in [0.1, 0.15) is 18.2 Å². The highest BCUT2D eigenvalue weighted by Crippen LogP contribution is 2.13. The van der Waals surface area contributed by atoms with Crippen molar-refractivity contribution in [3.8, 4) is 5.75 Å². The summed E-state index contributed by atoms with van der Waals surface area (Å²) in [6.45, 7) is 1.45. The van der Waals surface area contributed by atoms with Crippen LogP contribution in [0, 0.1) is 5.41 Å². The van der Waals surface area contributed by atoms with Crippen LogP contribution in [-0.4, -0.2) is 19.0 Å². The number of benzene rings is 2. The van der Waals surface area contributed by atoms with Crippen LogP contribution in [0.25, 0.3) is 0 Å². The van der Waals surface area contributed by atoms with Crippen molar-refractivity contribution in [3.05, 3.63) is 64.7 Å². The summed E-state index contributed by atoms with van der Waals surface area (Å²) in [7, 11) is 0. The number of nitrogens with one attached hydrogen (secondary N) is 1. The Kier molecular flexibility index (Phi) is 5.60. The molecule has 4 nitrogen and oxygen atoms in total. The van der Waals surface area contributed by atoms with Gasteiger partial charge >= 0.3 is 0 Å². The SMILES string of the molecule is N=C(N)c1ccc(OCCOCc2cccc(Cl)c2)cc1. The molecule has 0 aliphatic carbocycles. The van der Waals surface area contributed by atoms with Crippen molar-refractivity contribution >= 4 is 17.4 Å². The number of nitrogens with two attached hydrogens (primary N) is 1. The Labute approximate surface area is 129 Å². The third kappa shape index (κ3) is 5.10.